The molecule has 1 amide bonds. The topological polar surface area (TPSA) is 84.9 Å². The Morgan fingerprint density at radius 1 is 0.842 bits per heavy atom. The fourth-order valence-electron chi connectivity index (χ4n) is 4.46. The van der Waals surface area contributed by atoms with Crippen LogP contribution in [0.1, 0.15) is 22.7 Å². The summed E-state index contributed by atoms with van der Waals surface area (Å²) in [5.41, 5.74) is 3.15. The minimum Gasteiger partial charge on any atom is -0.486 e. The lowest BCUT2D eigenvalue weighted by Crippen LogP contribution is -2.42. The Bertz CT molecular complexity index is 1530. The van der Waals surface area contributed by atoms with Gasteiger partial charge in [0.2, 0.25) is 5.91 Å². The van der Waals surface area contributed by atoms with E-state index < -0.39 is 28.5 Å². The highest BCUT2D eigenvalue weighted by atomic mass is 32.2. The molecule has 4 aromatic carbocycles. The molecule has 4 aromatic rings. The molecule has 0 aromatic heterocycles. The van der Waals surface area contributed by atoms with Crippen molar-refractivity contribution in [2.75, 3.05) is 24.1 Å². The molecule has 0 saturated carbocycles. The maximum absolute atomic E-state index is 13.8. The van der Waals surface area contributed by atoms with Gasteiger partial charge in [-0.2, -0.15) is 0 Å². The molecule has 1 N–H and O–H groups in total. The van der Waals surface area contributed by atoms with Crippen molar-refractivity contribution in [1.29, 1.82) is 0 Å². The molecule has 0 fully saturated rings. The van der Waals surface area contributed by atoms with Gasteiger partial charge in [-0.25, -0.2) is 8.42 Å². The SMILES string of the molecule is Cc1ccccc1[C@H](NC(=O)CN(c1ccc2c(c1)OCCO2)S(=O)(=O)c1ccccc1)c1ccccc1. The van der Waals surface area contributed by atoms with E-state index in [-0.39, 0.29) is 4.90 Å². The van der Waals surface area contributed by atoms with Crippen LogP contribution in [0.4, 0.5) is 5.69 Å². The lowest BCUT2D eigenvalue weighted by molar-refractivity contribution is -0.120. The predicted molar refractivity (Wildman–Crippen MR) is 146 cm³/mol. The Balaban J connectivity index is 1.50. The zero-order chi connectivity index (χ0) is 26.5. The largest absolute Gasteiger partial charge is 0.486 e. The molecular formula is C30H28N2O5S. The molecule has 1 aliphatic heterocycles. The van der Waals surface area contributed by atoms with Crippen LogP contribution in [0.5, 0.6) is 11.5 Å². The summed E-state index contributed by atoms with van der Waals surface area (Å²) >= 11 is 0. The summed E-state index contributed by atoms with van der Waals surface area (Å²) in [6.45, 7) is 2.34. The van der Waals surface area contributed by atoms with Crippen LogP contribution in [-0.4, -0.2) is 34.1 Å². The van der Waals surface area contributed by atoms with E-state index in [4.69, 9.17) is 9.47 Å². The second-order valence-electron chi connectivity index (χ2n) is 8.92. The molecule has 0 radical (unpaired) electrons. The van der Waals surface area contributed by atoms with Crippen LogP contribution < -0.4 is 19.1 Å². The molecule has 7 nitrogen and oxygen atoms in total. The van der Waals surface area contributed by atoms with Gasteiger partial charge in [-0.05, 0) is 47.9 Å². The van der Waals surface area contributed by atoms with E-state index in [9.17, 15) is 13.2 Å². The first-order valence-corrected chi connectivity index (χ1v) is 13.7. The maximum atomic E-state index is 13.8. The first-order chi connectivity index (χ1) is 18.4. The highest BCUT2D eigenvalue weighted by Gasteiger charge is 2.29. The zero-order valence-electron chi connectivity index (χ0n) is 20.9. The zero-order valence-corrected chi connectivity index (χ0v) is 21.7. The van der Waals surface area contributed by atoms with Gasteiger partial charge in [0, 0.05) is 6.07 Å². The number of ether oxygens (including phenoxy) is 2. The number of anilines is 1. The van der Waals surface area contributed by atoms with Crippen molar-refractivity contribution < 1.29 is 22.7 Å². The molecule has 0 unspecified atom stereocenters. The number of benzene rings is 4. The molecule has 8 heteroatoms. The quantitative estimate of drug-likeness (QED) is 0.353. The van der Waals surface area contributed by atoms with Gasteiger partial charge in [0.1, 0.15) is 19.8 Å². The number of carbonyl (C=O) groups excluding carboxylic acids is 1. The van der Waals surface area contributed by atoms with Crippen LogP contribution in [0.25, 0.3) is 0 Å². The van der Waals surface area contributed by atoms with Crippen molar-refractivity contribution in [1.82, 2.24) is 5.32 Å². The van der Waals surface area contributed by atoms with Crippen molar-refractivity contribution in [3.63, 3.8) is 0 Å². The second-order valence-corrected chi connectivity index (χ2v) is 10.8. The van der Waals surface area contributed by atoms with Gasteiger partial charge >= 0.3 is 0 Å². The number of nitrogens with zero attached hydrogens (tertiary/aromatic N) is 1. The van der Waals surface area contributed by atoms with Crippen LogP contribution in [0, 0.1) is 6.92 Å². The normalized spacial score (nSPS) is 13.4. The smallest absolute Gasteiger partial charge is 0.264 e. The van der Waals surface area contributed by atoms with Crippen LogP contribution in [0.2, 0.25) is 0 Å². The van der Waals surface area contributed by atoms with Gasteiger partial charge in [-0.1, -0.05) is 72.8 Å². The summed E-state index contributed by atoms with van der Waals surface area (Å²) in [5, 5.41) is 3.08. The third kappa shape index (κ3) is 5.35. The number of rotatable bonds is 8. The molecule has 1 atom stereocenters. The van der Waals surface area contributed by atoms with Gasteiger partial charge in [0.05, 0.1) is 16.6 Å². The summed E-state index contributed by atoms with van der Waals surface area (Å²) in [7, 11) is -4.07. The highest BCUT2D eigenvalue weighted by molar-refractivity contribution is 7.92. The second kappa shape index (κ2) is 11.0. The monoisotopic (exact) mass is 528 g/mol. The number of amides is 1. The van der Waals surface area contributed by atoms with Gasteiger partial charge in [-0.3, -0.25) is 9.10 Å². The predicted octanol–water partition coefficient (Wildman–Crippen LogP) is 4.87. The minimum absolute atomic E-state index is 0.0844. The minimum atomic E-state index is -4.07. The van der Waals surface area contributed by atoms with Crippen molar-refractivity contribution in [2.45, 2.75) is 17.9 Å². The number of carbonyl (C=O) groups is 1. The van der Waals surface area contributed by atoms with E-state index in [1.807, 2.05) is 61.5 Å². The first-order valence-electron chi connectivity index (χ1n) is 12.3. The Labute approximate surface area is 222 Å². The number of hydrogen-bond donors (Lipinski definition) is 1. The van der Waals surface area contributed by atoms with Crippen molar-refractivity contribution >= 4 is 21.6 Å². The molecule has 194 valence electrons. The highest BCUT2D eigenvalue weighted by Crippen LogP contribution is 2.36. The number of hydrogen-bond acceptors (Lipinski definition) is 5. The summed E-state index contributed by atoms with van der Waals surface area (Å²) in [5.74, 6) is 0.520. The lowest BCUT2D eigenvalue weighted by Gasteiger charge is -2.28. The van der Waals surface area contributed by atoms with E-state index in [0.29, 0.717) is 30.4 Å². The molecular weight excluding hydrogens is 500 g/mol. The van der Waals surface area contributed by atoms with E-state index in [1.54, 1.807) is 36.4 Å². The Morgan fingerprint density at radius 3 is 2.18 bits per heavy atom. The van der Waals surface area contributed by atoms with E-state index in [2.05, 4.69) is 5.32 Å². The molecule has 38 heavy (non-hydrogen) atoms. The van der Waals surface area contributed by atoms with Gasteiger partial charge in [0.15, 0.2) is 11.5 Å². The third-order valence-electron chi connectivity index (χ3n) is 6.37. The molecule has 1 aliphatic rings. The van der Waals surface area contributed by atoms with Crippen LogP contribution in [0.15, 0.2) is 108 Å². The van der Waals surface area contributed by atoms with Crippen molar-refractivity contribution in [3.8, 4) is 11.5 Å². The molecule has 5 rings (SSSR count). The number of nitrogens with one attached hydrogen (secondary N) is 1. The Kier molecular flexibility index (Phi) is 7.33. The first kappa shape index (κ1) is 25.4. The third-order valence-corrected chi connectivity index (χ3v) is 8.16. The van der Waals surface area contributed by atoms with Crippen LogP contribution in [0.3, 0.4) is 0 Å². The summed E-state index contributed by atoms with van der Waals surface area (Å²) in [6, 6.07) is 29.9. The molecule has 0 aliphatic carbocycles. The van der Waals surface area contributed by atoms with Crippen LogP contribution >= 0.6 is 0 Å². The van der Waals surface area contributed by atoms with E-state index >= 15 is 0 Å². The average Bonchev–Trinajstić information content (AvgIpc) is 2.96. The molecule has 1 heterocycles. The number of fused-ring (bicyclic) bond motifs is 1. The fraction of sp³-hybridized carbons (Fsp3) is 0.167. The lowest BCUT2D eigenvalue weighted by atomic mass is 9.95. The van der Waals surface area contributed by atoms with Gasteiger partial charge < -0.3 is 14.8 Å². The summed E-state index contributed by atoms with van der Waals surface area (Å²) in [4.78, 5) is 13.7. The van der Waals surface area contributed by atoms with Crippen molar-refractivity contribution in [3.05, 3.63) is 120 Å². The Hall–Kier alpha value is -4.30. The Morgan fingerprint density at radius 2 is 1.47 bits per heavy atom. The van der Waals surface area contributed by atoms with Gasteiger partial charge in [-0.15, -0.1) is 0 Å². The van der Waals surface area contributed by atoms with Crippen LogP contribution in [-0.2, 0) is 14.8 Å². The summed E-state index contributed by atoms with van der Waals surface area (Å²) in [6.07, 6.45) is 0. The fourth-order valence-corrected chi connectivity index (χ4v) is 5.89. The van der Waals surface area contributed by atoms with E-state index in [1.165, 1.54) is 12.1 Å². The molecule has 0 spiro atoms. The maximum Gasteiger partial charge on any atom is 0.264 e. The number of sulfonamides is 1. The average molecular weight is 529 g/mol. The standard InChI is InChI=1S/C30H28N2O5S/c1-22-10-8-9-15-26(22)30(23-11-4-2-5-12-23)31-29(33)21-32(38(34,35)25-13-6-3-7-14-25)24-16-17-27-28(20-24)37-19-18-36-27/h2-17,20,30H,18-19,21H2,1H3,(H,31,33)/t30-/m1/s1. The van der Waals surface area contributed by atoms with Crippen molar-refractivity contribution in [2.24, 2.45) is 0 Å². The number of aryl methyl sites for hydroxylation is 1. The molecule has 0 bridgehead atoms. The molecule has 0 saturated heterocycles. The van der Waals surface area contributed by atoms with E-state index in [0.717, 1.165) is 21.0 Å². The van der Waals surface area contributed by atoms with Gasteiger partial charge in [0.25, 0.3) is 10.0 Å². The summed E-state index contributed by atoms with van der Waals surface area (Å²) < 4.78 is 40.0.